The zero-order valence-electron chi connectivity index (χ0n) is 12.5. The second-order valence-corrected chi connectivity index (χ2v) is 5.85. The number of nitrogens with zero attached hydrogens (tertiary/aromatic N) is 1. The molecule has 0 bridgehead atoms. The molecule has 1 aliphatic heterocycles. The maximum atomic E-state index is 12.3. The fourth-order valence-corrected chi connectivity index (χ4v) is 3.13. The molecule has 3 rings (SSSR count). The van der Waals surface area contributed by atoms with Crippen LogP contribution in [-0.4, -0.2) is 23.8 Å². The van der Waals surface area contributed by atoms with Crippen molar-refractivity contribution in [1.82, 2.24) is 4.90 Å². The van der Waals surface area contributed by atoms with E-state index in [0.717, 1.165) is 19.6 Å². The number of piperidine rings is 1. The third-order valence-corrected chi connectivity index (χ3v) is 4.32. The van der Waals surface area contributed by atoms with Crippen molar-refractivity contribution in [3.63, 3.8) is 0 Å². The Bertz CT molecular complexity index is 620. The SMILES string of the molecule is Cc1ccccc1C1CN(Cc2ccccc2)CCC1=O. The van der Waals surface area contributed by atoms with E-state index in [4.69, 9.17) is 0 Å². The summed E-state index contributed by atoms with van der Waals surface area (Å²) in [7, 11) is 0. The van der Waals surface area contributed by atoms with E-state index in [1.165, 1.54) is 16.7 Å². The number of carbonyl (C=O) groups is 1. The number of hydrogen-bond donors (Lipinski definition) is 0. The number of carbonyl (C=O) groups excluding carboxylic acids is 1. The van der Waals surface area contributed by atoms with Gasteiger partial charge in [0.1, 0.15) is 5.78 Å². The van der Waals surface area contributed by atoms with Crippen LogP contribution in [0.2, 0.25) is 0 Å². The maximum Gasteiger partial charge on any atom is 0.142 e. The van der Waals surface area contributed by atoms with Gasteiger partial charge in [-0.05, 0) is 23.6 Å². The van der Waals surface area contributed by atoms with E-state index in [1.54, 1.807) is 0 Å². The molecular formula is C19H21NO. The monoisotopic (exact) mass is 279 g/mol. The van der Waals surface area contributed by atoms with Crippen molar-refractivity contribution >= 4 is 5.78 Å². The average Bonchev–Trinajstić information content (AvgIpc) is 2.51. The Kier molecular flexibility index (Phi) is 4.16. The number of rotatable bonds is 3. The number of benzene rings is 2. The Balaban J connectivity index is 1.76. The van der Waals surface area contributed by atoms with E-state index in [2.05, 4.69) is 48.2 Å². The number of hydrogen-bond acceptors (Lipinski definition) is 2. The Labute approximate surface area is 126 Å². The van der Waals surface area contributed by atoms with Gasteiger partial charge < -0.3 is 0 Å². The molecule has 2 nitrogen and oxygen atoms in total. The Hall–Kier alpha value is -1.93. The molecule has 1 heterocycles. The number of aryl methyl sites for hydroxylation is 1. The smallest absolute Gasteiger partial charge is 0.142 e. The zero-order valence-corrected chi connectivity index (χ0v) is 12.5. The highest BCUT2D eigenvalue weighted by Crippen LogP contribution is 2.27. The topological polar surface area (TPSA) is 20.3 Å². The van der Waals surface area contributed by atoms with Gasteiger partial charge in [-0.15, -0.1) is 0 Å². The van der Waals surface area contributed by atoms with Crippen molar-refractivity contribution in [1.29, 1.82) is 0 Å². The number of Topliss-reactive ketones (excluding diaryl/α,β-unsaturated/α-hetero) is 1. The summed E-state index contributed by atoms with van der Waals surface area (Å²) in [6.07, 6.45) is 0.659. The Morgan fingerprint density at radius 3 is 2.52 bits per heavy atom. The second-order valence-electron chi connectivity index (χ2n) is 5.85. The van der Waals surface area contributed by atoms with Gasteiger partial charge in [0.2, 0.25) is 0 Å². The molecule has 1 fully saturated rings. The van der Waals surface area contributed by atoms with Gasteiger partial charge in [0, 0.05) is 26.1 Å². The van der Waals surface area contributed by atoms with E-state index >= 15 is 0 Å². The average molecular weight is 279 g/mol. The molecular weight excluding hydrogens is 258 g/mol. The van der Waals surface area contributed by atoms with E-state index in [-0.39, 0.29) is 5.92 Å². The molecule has 0 saturated carbocycles. The molecule has 1 saturated heterocycles. The molecule has 1 atom stereocenters. The van der Waals surface area contributed by atoms with Crippen LogP contribution in [-0.2, 0) is 11.3 Å². The first kappa shape index (κ1) is 14.0. The molecule has 2 heteroatoms. The molecule has 2 aromatic carbocycles. The van der Waals surface area contributed by atoms with Gasteiger partial charge in [0.05, 0.1) is 5.92 Å². The van der Waals surface area contributed by atoms with Crippen LogP contribution >= 0.6 is 0 Å². The van der Waals surface area contributed by atoms with Gasteiger partial charge in [-0.3, -0.25) is 9.69 Å². The van der Waals surface area contributed by atoms with E-state index < -0.39 is 0 Å². The van der Waals surface area contributed by atoms with Crippen LogP contribution < -0.4 is 0 Å². The van der Waals surface area contributed by atoms with Crippen molar-refractivity contribution in [3.05, 3.63) is 71.3 Å². The summed E-state index contributed by atoms with van der Waals surface area (Å²) in [5.74, 6) is 0.414. The van der Waals surface area contributed by atoms with Crippen LogP contribution in [0.5, 0.6) is 0 Å². The van der Waals surface area contributed by atoms with Crippen molar-refractivity contribution in [2.75, 3.05) is 13.1 Å². The molecule has 0 aromatic heterocycles. The maximum absolute atomic E-state index is 12.3. The van der Waals surface area contributed by atoms with Crippen LogP contribution in [0.4, 0.5) is 0 Å². The van der Waals surface area contributed by atoms with Gasteiger partial charge in [-0.1, -0.05) is 54.6 Å². The minimum absolute atomic E-state index is 0.0312. The molecule has 0 radical (unpaired) electrons. The van der Waals surface area contributed by atoms with Crippen LogP contribution in [0, 0.1) is 6.92 Å². The highest BCUT2D eigenvalue weighted by molar-refractivity contribution is 5.87. The first-order valence-corrected chi connectivity index (χ1v) is 7.58. The zero-order chi connectivity index (χ0) is 14.7. The molecule has 0 spiro atoms. The summed E-state index contributed by atoms with van der Waals surface area (Å²) >= 11 is 0. The first-order valence-electron chi connectivity index (χ1n) is 7.58. The second kappa shape index (κ2) is 6.23. The molecule has 0 amide bonds. The molecule has 108 valence electrons. The van der Waals surface area contributed by atoms with Gasteiger partial charge in [0.25, 0.3) is 0 Å². The predicted molar refractivity (Wildman–Crippen MR) is 85.3 cm³/mol. The minimum atomic E-state index is 0.0312. The Morgan fingerprint density at radius 2 is 1.76 bits per heavy atom. The fraction of sp³-hybridized carbons (Fsp3) is 0.316. The molecule has 0 aliphatic carbocycles. The van der Waals surface area contributed by atoms with Gasteiger partial charge >= 0.3 is 0 Å². The number of likely N-dealkylation sites (tertiary alicyclic amines) is 1. The summed E-state index contributed by atoms with van der Waals surface area (Å²) in [5.41, 5.74) is 3.73. The molecule has 21 heavy (non-hydrogen) atoms. The lowest BCUT2D eigenvalue weighted by atomic mass is 9.87. The van der Waals surface area contributed by atoms with Crippen molar-refractivity contribution in [2.24, 2.45) is 0 Å². The van der Waals surface area contributed by atoms with Gasteiger partial charge in [0.15, 0.2) is 0 Å². The van der Waals surface area contributed by atoms with Gasteiger partial charge in [-0.25, -0.2) is 0 Å². The minimum Gasteiger partial charge on any atom is -0.299 e. The molecule has 1 unspecified atom stereocenters. The summed E-state index contributed by atoms with van der Waals surface area (Å²) < 4.78 is 0. The first-order chi connectivity index (χ1) is 10.2. The summed E-state index contributed by atoms with van der Waals surface area (Å²) in [4.78, 5) is 14.7. The predicted octanol–water partition coefficient (Wildman–Crippen LogP) is 3.55. The number of ketones is 1. The van der Waals surface area contributed by atoms with Crippen LogP contribution in [0.3, 0.4) is 0 Å². The summed E-state index contributed by atoms with van der Waals surface area (Å²) in [6.45, 7) is 4.73. The lowest BCUT2D eigenvalue weighted by molar-refractivity contribution is -0.123. The highest BCUT2D eigenvalue weighted by atomic mass is 16.1. The third-order valence-electron chi connectivity index (χ3n) is 4.32. The van der Waals surface area contributed by atoms with Crippen LogP contribution in [0.15, 0.2) is 54.6 Å². The Morgan fingerprint density at radius 1 is 1.05 bits per heavy atom. The van der Waals surface area contributed by atoms with Crippen LogP contribution in [0.1, 0.15) is 29.0 Å². The standard InChI is InChI=1S/C19H21NO/c1-15-7-5-6-10-17(15)18-14-20(12-11-19(18)21)13-16-8-3-2-4-9-16/h2-10,18H,11-14H2,1H3. The summed E-state index contributed by atoms with van der Waals surface area (Å²) in [5, 5.41) is 0. The van der Waals surface area contributed by atoms with Gasteiger partial charge in [-0.2, -0.15) is 0 Å². The lowest BCUT2D eigenvalue weighted by Gasteiger charge is -2.32. The van der Waals surface area contributed by atoms with Crippen LogP contribution in [0.25, 0.3) is 0 Å². The van der Waals surface area contributed by atoms with Crippen molar-refractivity contribution in [2.45, 2.75) is 25.8 Å². The third kappa shape index (κ3) is 3.22. The molecule has 2 aromatic rings. The lowest BCUT2D eigenvalue weighted by Crippen LogP contribution is -2.39. The largest absolute Gasteiger partial charge is 0.299 e. The highest BCUT2D eigenvalue weighted by Gasteiger charge is 2.29. The molecule has 0 N–H and O–H groups in total. The fourth-order valence-electron chi connectivity index (χ4n) is 3.13. The normalized spacial score (nSPS) is 19.7. The van der Waals surface area contributed by atoms with E-state index in [0.29, 0.717) is 12.2 Å². The van der Waals surface area contributed by atoms with Crippen molar-refractivity contribution < 1.29 is 4.79 Å². The van der Waals surface area contributed by atoms with E-state index in [1.807, 2.05) is 18.2 Å². The molecule has 1 aliphatic rings. The quantitative estimate of drug-likeness (QED) is 0.856. The van der Waals surface area contributed by atoms with Crippen molar-refractivity contribution in [3.8, 4) is 0 Å². The summed E-state index contributed by atoms with van der Waals surface area (Å²) in [6, 6.07) is 18.8. The van der Waals surface area contributed by atoms with E-state index in [9.17, 15) is 4.79 Å².